The first kappa shape index (κ1) is 16.9. The van der Waals surface area contributed by atoms with Gasteiger partial charge in [-0.3, -0.25) is 13.9 Å². The first-order valence-corrected chi connectivity index (χ1v) is 8.41. The lowest BCUT2D eigenvalue weighted by atomic mass is 10.3. The number of carbonyl (C=O) groups is 1. The molecule has 0 saturated heterocycles. The van der Waals surface area contributed by atoms with Crippen molar-refractivity contribution in [2.24, 2.45) is 4.99 Å². The summed E-state index contributed by atoms with van der Waals surface area (Å²) in [6.07, 6.45) is 1.15. The van der Waals surface area contributed by atoms with E-state index in [0.29, 0.717) is 17.9 Å². The molecule has 2 aromatic rings. The van der Waals surface area contributed by atoms with Gasteiger partial charge in [-0.05, 0) is 50.2 Å². The van der Waals surface area contributed by atoms with Crippen LogP contribution in [0.2, 0.25) is 5.02 Å². The molecule has 0 spiro atoms. The van der Waals surface area contributed by atoms with Crippen LogP contribution >= 0.6 is 23.8 Å². The molecular weight excluding hydrogens is 355 g/mol. The number of hydrogen-bond donors (Lipinski definition) is 0. The van der Waals surface area contributed by atoms with Crippen molar-refractivity contribution >= 4 is 29.9 Å². The lowest BCUT2D eigenvalue weighted by molar-refractivity contribution is 0.161. The first-order chi connectivity index (χ1) is 11.5. The van der Waals surface area contributed by atoms with Crippen molar-refractivity contribution in [3.8, 4) is 5.69 Å². The van der Waals surface area contributed by atoms with Crippen LogP contribution in [0.1, 0.15) is 19.8 Å². The van der Waals surface area contributed by atoms with Gasteiger partial charge >= 0.3 is 6.09 Å². The highest BCUT2D eigenvalue weighted by Gasteiger charge is 2.19. The maximum atomic E-state index is 14.4. The normalized spacial score (nSPS) is 14.5. The maximum Gasteiger partial charge on any atom is 0.436 e. The quantitative estimate of drug-likeness (QED) is 0.761. The Labute approximate surface area is 147 Å². The summed E-state index contributed by atoms with van der Waals surface area (Å²) in [7, 11) is 0. The lowest BCUT2D eigenvalue weighted by Gasteiger charge is -2.16. The van der Waals surface area contributed by atoms with Gasteiger partial charge in [0.25, 0.3) is 0 Å². The number of fused-ring (bicyclic) bond motifs is 1. The van der Waals surface area contributed by atoms with Gasteiger partial charge in [0, 0.05) is 18.1 Å². The van der Waals surface area contributed by atoms with Gasteiger partial charge in [0.1, 0.15) is 5.82 Å². The molecule has 1 aromatic heterocycles. The van der Waals surface area contributed by atoms with Crippen LogP contribution in [-0.2, 0) is 17.8 Å². The van der Waals surface area contributed by atoms with Crippen molar-refractivity contribution in [1.82, 2.24) is 13.9 Å². The number of ether oxygens (including phenoxy) is 1. The molecule has 1 aliphatic rings. The molecule has 0 saturated carbocycles. The Hall–Kier alpha value is -1.93. The van der Waals surface area contributed by atoms with E-state index in [1.807, 2.05) is 4.68 Å². The van der Waals surface area contributed by atoms with E-state index in [-0.39, 0.29) is 22.9 Å². The summed E-state index contributed by atoms with van der Waals surface area (Å²) in [5, 5.41) is 0.281. The highest BCUT2D eigenvalue weighted by atomic mass is 35.5. The number of hydrogen-bond acceptors (Lipinski definition) is 3. The fraction of sp³-hybridized carbons (Fsp3) is 0.400. The standard InChI is InChI=1S/C15H16ClFN4O2S/c1-2-23-14(22)18-13-19-7-3-4-8-20(19)15(24)21(13)12-6-5-10(16)9-11(12)17/h5-6,9H,2-4,7-8H2,1H3. The zero-order valence-corrected chi connectivity index (χ0v) is 14.6. The van der Waals surface area contributed by atoms with E-state index in [1.165, 1.54) is 16.7 Å². The molecule has 0 fully saturated rings. The summed E-state index contributed by atoms with van der Waals surface area (Å²) >= 11 is 11.3. The molecule has 0 N–H and O–H groups in total. The minimum atomic E-state index is -0.734. The number of carbonyl (C=O) groups excluding carboxylic acids is 1. The predicted octanol–water partition coefficient (Wildman–Crippen LogP) is 3.45. The monoisotopic (exact) mass is 370 g/mol. The molecule has 2 heterocycles. The van der Waals surface area contributed by atoms with E-state index < -0.39 is 11.9 Å². The van der Waals surface area contributed by atoms with Crippen molar-refractivity contribution in [3.05, 3.63) is 39.4 Å². The average molecular weight is 371 g/mol. The summed E-state index contributed by atoms with van der Waals surface area (Å²) in [4.78, 5) is 15.9. The second-order valence-corrected chi connectivity index (χ2v) is 6.08. The molecule has 6 nitrogen and oxygen atoms in total. The highest BCUT2D eigenvalue weighted by molar-refractivity contribution is 7.71. The number of benzene rings is 1. The second kappa shape index (κ2) is 6.90. The van der Waals surface area contributed by atoms with Crippen LogP contribution in [0.25, 0.3) is 5.69 Å². The summed E-state index contributed by atoms with van der Waals surface area (Å²) in [6.45, 7) is 3.23. The largest absolute Gasteiger partial charge is 0.448 e. The molecule has 3 rings (SSSR count). The van der Waals surface area contributed by atoms with Gasteiger partial charge in [-0.1, -0.05) is 11.6 Å². The van der Waals surface area contributed by atoms with E-state index in [0.717, 1.165) is 12.8 Å². The third-order valence-corrected chi connectivity index (χ3v) is 4.36. The van der Waals surface area contributed by atoms with Gasteiger partial charge < -0.3 is 4.74 Å². The summed E-state index contributed by atoms with van der Waals surface area (Å²) < 4.78 is 24.7. The lowest BCUT2D eigenvalue weighted by Crippen LogP contribution is -2.32. The molecule has 24 heavy (non-hydrogen) atoms. The molecule has 1 aromatic carbocycles. The van der Waals surface area contributed by atoms with Crippen LogP contribution in [0.5, 0.6) is 0 Å². The zero-order chi connectivity index (χ0) is 17.3. The molecule has 9 heteroatoms. The van der Waals surface area contributed by atoms with Gasteiger partial charge in [-0.2, -0.15) is 0 Å². The summed E-state index contributed by atoms with van der Waals surface area (Å²) in [5.74, 6) is -0.539. The van der Waals surface area contributed by atoms with Crippen molar-refractivity contribution in [2.75, 3.05) is 6.61 Å². The van der Waals surface area contributed by atoms with Gasteiger partial charge in [0.05, 0.1) is 12.3 Å². The highest BCUT2D eigenvalue weighted by Crippen LogP contribution is 2.19. The Morgan fingerprint density at radius 3 is 2.75 bits per heavy atom. The first-order valence-electron chi connectivity index (χ1n) is 7.62. The summed E-state index contributed by atoms with van der Waals surface area (Å²) in [5.41, 5.74) is 0.446. The topological polar surface area (TPSA) is 53.4 Å². The number of amides is 1. The predicted molar refractivity (Wildman–Crippen MR) is 89.4 cm³/mol. The van der Waals surface area contributed by atoms with E-state index in [2.05, 4.69) is 4.99 Å². The number of nitrogens with zero attached hydrogens (tertiary/aromatic N) is 4. The molecule has 0 bridgehead atoms. The SMILES string of the molecule is CCOC(=O)N=c1n(-c2ccc(Cl)cc2F)c(=S)n2n1CCCC2. The van der Waals surface area contributed by atoms with Crippen LogP contribution in [0.4, 0.5) is 9.18 Å². The molecular formula is C15H16ClFN4O2S. The zero-order valence-electron chi connectivity index (χ0n) is 13.0. The average Bonchev–Trinajstić information content (AvgIpc) is 2.81. The fourth-order valence-electron chi connectivity index (χ4n) is 2.71. The Balaban J connectivity index is 2.30. The molecule has 0 unspecified atom stereocenters. The van der Waals surface area contributed by atoms with Crippen LogP contribution in [0, 0.1) is 10.6 Å². The van der Waals surface area contributed by atoms with Crippen molar-refractivity contribution in [2.45, 2.75) is 32.9 Å². The number of aromatic nitrogens is 3. The Morgan fingerprint density at radius 2 is 2.08 bits per heavy atom. The van der Waals surface area contributed by atoms with Crippen molar-refractivity contribution < 1.29 is 13.9 Å². The second-order valence-electron chi connectivity index (χ2n) is 5.28. The maximum absolute atomic E-state index is 14.4. The van der Waals surface area contributed by atoms with Crippen LogP contribution in [0.3, 0.4) is 0 Å². The third-order valence-electron chi connectivity index (χ3n) is 3.73. The fourth-order valence-corrected chi connectivity index (χ4v) is 3.23. The molecule has 0 radical (unpaired) electrons. The molecule has 0 atom stereocenters. The van der Waals surface area contributed by atoms with Gasteiger partial charge in [-0.15, -0.1) is 4.99 Å². The van der Waals surface area contributed by atoms with Gasteiger partial charge in [-0.25, -0.2) is 9.18 Å². The van der Waals surface area contributed by atoms with Crippen molar-refractivity contribution in [1.29, 1.82) is 0 Å². The number of halogens is 2. The molecule has 1 aliphatic heterocycles. The third kappa shape index (κ3) is 3.03. The Kier molecular flexibility index (Phi) is 4.86. The van der Waals surface area contributed by atoms with E-state index in [4.69, 9.17) is 28.6 Å². The Bertz CT molecular complexity index is 915. The van der Waals surface area contributed by atoms with Crippen LogP contribution < -0.4 is 5.62 Å². The van der Waals surface area contributed by atoms with Gasteiger partial charge in [0.15, 0.2) is 0 Å². The number of rotatable bonds is 2. The van der Waals surface area contributed by atoms with Gasteiger partial charge in [0.2, 0.25) is 10.4 Å². The smallest absolute Gasteiger partial charge is 0.436 e. The minimum Gasteiger partial charge on any atom is -0.448 e. The van der Waals surface area contributed by atoms with E-state index >= 15 is 0 Å². The van der Waals surface area contributed by atoms with Crippen LogP contribution in [0.15, 0.2) is 23.2 Å². The summed E-state index contributed by atoms with van der Waals surface area (Å²) in [6, 6.07) is 4.29. The van der Waals surface area contributed by atoms with Crippen LogP contribution in [-0.4, -0.2) is 26.6 Å². The Morgan fingerprint density at radius 1 is 1.38 bits per heavy atom. The van der Waals surface area contributed by atoms with E-state index in [9.17, 15) is 9.18 Å². The van der Waals surface area contributed by atoms with E-state index in [1.54, 1.807) is 17.7 Å². The molecule has 0 aliphatic carbocycles. The van der Waals surface area contributed by atoms with Crippen molar-refractivity contribution in [3.63, 3.8) is 0 Å². The molecule has 128 valence electrons. The molecule has 1 amide bonds. The minimum absolute atomic E-state index is 0.196.